The van der Waals surface area contributed by atoms with Crippen LogP contribution in [0.2, 0.25) is 0 Å². The lowest BCUT2D eigenvalue weighted by Gasteiger charge is -2.21. The molecule has 0 radical (unpaired) electrons. The molecule has 0 spiro atoms. The van der Waals surface area contributed by atoms with Gasteiger partial charge in [-0.25, -0.2) is 9.79 Å². The Balaban J connectivity index is 1.83. The predicted molar refractivity (Wildman–Crippen MR) is 146 cm³/mol. The summed E-state index contributed by atoms with van der Waals surface area (Å²) in [6.07, 6.45) is 5.43. The van der Waals surface area contributed by atoms with E-state index in [4.69, 9.17) is 14.2 Å². The average Bonchev–Trinajstić information content (AvgIpc) is 3.18. The smallest absolute Gasteiger partial charge is 0.338 e. The number of benzene rings is 2. The number of aromatic nitrogens is 1. The third-order valence-electron chi connectivity index (χ3n) is 5.65. The van der Waals surface area contributed by atoms with Gasteiger partial charge in [-0.15, -0.1) is 0 Å². The first-order valence-corrected chi connectivity index (χ1v) is 13.0. The number of thiazole rings is 1. The van der Waals surface area contributed by atoms with Gasteiger partial charge in [0.2, 0.25) is 0 Å². The Morgan fingerprint density at radius 3 is 2.50 bits per heavy atom. The van der Waals surface area contributed by atoms with Gasteiger partial charge in [-0.05, 0) is 50.1 Å². The molecular formula is C29H28N2O6S. The second-order valence-electron chi connectivity index (χ2n) is 8.35. The molecule has 0 fully saturated rings. The quantitative estimate of drug-likeness (QED) is 0.324. The number of fused-ring (bicyclic) bond motifs is 1. The first-order chi connectivity index (χ1) is 18.3. The van der Waals surface area contributed by atoms with Crippen molar-refractivity contribution in [2.75, 3.05) is 13.2 Å². The highest BCUT2D eigenvalue weighted by Crippen LogP contribution is 2.29. The Kier molecular flexibility index (Phi) is 8.38. The van der Waals surface area contributed by atoms with Gasteiger partial charge >= 0.3 is 11.9 Å². The third kappa shape index (κ3) is 5.84. The van der Waals surface area contributed by atoms with E-state index >= 15 is 0 Å². The molecule has 9 heteroatoms. The van der Waals surface area contributed by atoms with Crippen LogP contribution in [0.1, 0.15) is 44.9 Å². The summed E-state index contributed by atoms with van der Waals surface area (Å²) in [4.78, 5) is 43.1. The van der Waals surface area contributed by atoms with Gasteiger partial charge in [0.15, 0.2) is 16.3 Å². The third-order valence-corrected chi connectivity index (χ3v) is 6.63. The first kappa shape index (κ1) is 26.8. The molecule has 0 bridgehead atoms. The molecule has 0 amide bonds. The van der Waals surface area contributed by atoms with Crippen molar-refractivity contribution >= 4 is 35.4 Å². The van der Waals surface area contributed by atoms with Gasteiger partial charge < -0.3 is 14.2 Å². The molecule has 1 aliphatic heterocycles. The van der Waals surface area contributed by atoms with Gasteiger partial charge in [-0.3, -0.25) is 14.2 Å². The zero-order valence-corrected chi connectivity index (χ0v) is 22.4. The Bertz CT molecular complexity index is 1600. The fourth-order valence-corrected chi connectivity index (χ4v) is 5.11. The van der Waals surface area contributed by atoms with E-state index in [9.17, 15) is 14.4 Å². The Labute approximate surface area is 223 Å². The average molecular weight is 533 g/mol. The second kappa shape index (κ2) is 11.9. The molecule has 2 aromatic carbocycles. The van der Waals surface area contributed by atoms with Crippen LogP contribution in [0.15, 0.2) is 75.7 Å². The van der Waals surface area contributed by atoms with Gasteiger partial charge in [-0.2, -0.15) is 0 Å². The zero-order valence-electron chi connectivity index (χ0n) is 21.6. The monoisotopic (exact) mass is 532 g/mol. The van der Waals surface area contributed by atoms with Crippen LogP contribution in [0.5, 0.6) is 11.5 Å². The minimum atomic E-state index is -0.682. The number of allylic oxidation sites excluding steroid dienone is 2. The standard InChI is InChI=1S/C29H28N2O6S/c1-5-35-24-16-21(13-15-23(24)37-19(4)32)17-25-27(33)31-22(14-12-20-10-8-7-9-11-20)26(28(34)36-6-2)18(3)30-29(31)38-25/h7-17,22H,5-6H2,1-4H3/b14-12+,25-17+/t22-/m1/s1. The highest BCUT2D eigenvalue weighted by atomic mass is 32.1. The van der Waals surface area contributed by atoms with E-state index in [-0.39, 0.29) is 12.2 Å². The van der Waals surface area contributed by atoms with Crippen LogP contribution in [0, 0.1) is 0 Å². The molecule has 1 atom stereocenters. The molecule has 8 nitrogen and oxygen atoms in total. The first-order valence-electron chi connectivity index (χ1n) is 12.2. The molecule has 38 heavy (non-hydrogen) atoms. The minimum Gasteiger partial charge on any atom is -0.490 e. The SMILES string of the molecule is CCOC(=O)C1=C(C)N=c2s/c(=C/c3ccc(OC(C)=O)c(OCC)c3)c(=O)n2[C@@H]1/C=C/c1ccccc1. The lowest BCUT2D eigenvalue weighted by molar-refractivity contribution is -0.139. The fraction of sp³-hybridized carbons (Fsp3) is 0.241. The summed E-state index contributed by atoms with van der Waals surface area (Å²) in [5.74, 6) is -0.261. The maximum absolute atomic E-state index is 13.7. The summed E-state index contributed by atoms with van der Waals surface area (Å²) in [6.45, 7) is 7.22. The van der Waals surface area contributed by atoms with E-state index in [0.29, 0.717) is 44.3 Å². The predicted octanol–water partition coefficient (Wildman–Crippen LogP) is 3.79. The molecule has 0 saturated heterocycles. The van der Waals surface area contributed by atoms with Crippen molar-refractivity contribution in [2.45, 2.75) is 33.7 Å². The number of ether oxygens (including phenoxy) is 3. The van der Waals surface area contributed by atoms with Crippen LogP contribution >= 0.6 is 11.3 Å². The number of rotatable bonds is 8. The van der Waals surface area contributed by atoms with Gasteiger partial charge in [0.25, 0.3) is 5.56 Å². The van der Waals surface area contributed by atoms with Gasteiger partial charge in [0, 0.05) is 6.92 Å². The fourth-order valence-electron chi connectivity index (χ4n) is 4.06. The molecule has 196 valence electrons. The van der Waals surface area contributed by atoms with Gasteiger partial charge in [0.1, 0.15) is 0 Å². The van der Waals surface area contributed by atoms with E-state index in [1.807, 2.05) is 49.4 Å². The maximum atomic E-state index is 13.7. The summed E-state index contributed by atoms with van der Waals surface area (Å²) in [7, 11) is 0. The van der Waals surface area contributed by atoms with Gasteiger partial charge in [-0.1, -0.05) is 59.9 Å². The molecule has 0 saturated carbocycles. The maximum Gasteiger partial charge on any atom is 0.338 e. The summed E-state index contributed by atoms with van der Waals surface area (Å²) < 4.78 is 18.1. The highest BCUT2D eigenvalue weighted by molar-refractivity contribution is 7.07. The number of carbonyl (C=O) groups is 2. The van der Waals surface area contributed by atoms with Crippen molar-refractivity contribution in [3.05, 3.63) is 96.7 Å². The molecule has 1 aromatic heterocycles. The van der Waals surface area contributed by atoms with Gasteiger partial charge in [0.05, 0.1) is 35.1 Å². The molecule has 0 unspecified atom stereocenters. The van der Waals surface area contributed by atoms with Crippen molar-refractivity contribution in [2.24, 2.45) is 4.99 Å². The Morgan fingerprint density at radius 1 is 1.05 bits per heavy atom. The zero-order chi connectivity index (χ0) is 27.2. The highest BCUT2D eigenvalue weighted by Gasteiger charge is 2.30. The van der Waals surface area contributed by atoms with E-state index in [1.165, 1.54) is 22.8 Å². The molecule has 0 aliphatic carbocycles. The number of esters is 2. The molecule has 1 aliphatic rings. The second-order valence-corrected chi connectivity index (χ2v) is 9.36. The van der Waals surface area contributed by atoms with E-state index in [1.54, 1.807) is 38.1 Å². The molecule has 3 aromatic rings. The Morgan fingerprint density at radius 2 is 1.82 bits per heavy atom. The molecule has 0 N–H and O–H groups in total. The summed E-state index contributed by atoms with van der Waals surface area (Å²) in [5.41, 5.74) is 2.16. The van der Waals surface area contributed by atoms with Crippen LogP contribution in [0.4, 0.5) is 0 Å². The van der Waals surface area contributed by atoms with Crippen molar-refractivity contribution in [1.82, 2.24) is 4.57 Å². The van der Waals surface area contributed by atoms with Crippen LogP contribution < -0.4 is 24.4 Å². The van der Waals surface area contributed by atoms with Crippen LogP contribution in [-0.2, 0) is 14.3 Å². The molecule has 4 rings (SSSR count). The van der Waals surface area contributed by atoms with Crippen LogP contribution in [0.25, 0.3) is 12.2 Å². The normalized spacial score (nSPS) is 15.3. The molecule has 2 heterocycles. The van der Waals surface area contributed by atoms with E-state index in [2.05, 4.69) is 4.99 Å². The number of hydrogen-bond donors (Lipinski definition) is 0. The lowest BCUT2D eigenvalue weighted by Crippen LogP contribution is -2.38. The van der Waals surface area contributed by atoms with Crippen molar-refractivity contribution in [1.29, 1.82) is 0 Å². The topological polar surface area (TPSA) is 96.2 Å². The van der Waals surface area contributed by atoms with E-state index in [0.717, 1.165) is 5.56 Å². The van der Waals surface area contributed by atoms with Crippen LogP contribution in [-0.4, -0.2) is 29.7 Å². The lowest BCUT2D eigenvalue weighted by atomic mass is 10.0. The summed E-state index contributed by atoms with van der Waals surface area (Å²) in [5, 5.41) is 0. The minimum absolute atomic E-state index is 0.209. The Hall–Kier alpha value is -4.24. The number of carbonyl (C=O) groups excluding carboxylic acids is 2. The van der Waals surface area contributed by atoms with Crippen molar-refractivity contribution in [3.63, 3.8) is 0 Å². The number of hydrogen-bond acceptors (Lipinski definition) is 8. The summed E-state index contributed by atoms with van der Waals surface area (Å²) >= 11 is 1.23. The van der Waals surface area contributed by atoms with Crippen LogP contribution in [0.3, 0.4) is 0 Å². The van der Waals surface area contributed by atoms with E-state index < -0.39 is 18.0 Å². The molecular weight excluding hydrogens is 504 g/mol. The largest absolute Gasteiger partial charge is 0.490 e. The van der Waals surface area contributed by atoms with Crippen molar-refractivity contribution in [3.8, 4) is 11.5 Å². The number of nitrogens with zero attached hydrogens (tertiary/aromatic N) is 2. The summed E-state index contributed by atoms with van der Waals surface area (Å²) in [6, 6.07) is 14.0. The van der Waals surface area contributed by atoms with Crippen molar-refractivity contribution < 1.29 is 23.8 Å².